The number of carbonyl (C=O) groups is 1. The van der Waals surface area contributed by atoms with E-state index in [-0.39, 0.29) is 5.91 Å². The maximum atomic E-state index is 12.2. The summed E-state index contributed by atoms with van der Waals surface area (Å²) in [5, 5.41) is 6.43. The molecule has 1 unspecified atom stereocenters. The Bertz CT molecular complexity index is 665. The number of carbonyl (C=O) groups excluding carboxylic acids is 1. The van der Waals surface area contributed by atoms with Gasteiger partial charge in [-0.3, -0.25) is 4.79 Å². The number of hydrogen-bond donors (Lipinski definition) is 1. The second-order valence-corrected chi connectivity index (χ2v) is 5.93. The smallest absolute Gasteiger partial charge is 0.275 e. The lowest BCUT2D eigenvalue weighted by molar-refractivity contribution is 0.102. The van der Waals surface area contributed by atoms with Crippen LogP contribution in [-0.4, -0.2) is 28.6 Å². The van der Waals surface area contributed by atoms with Crippen molar-refractivity contribution in [2.24, 2.45) is 0 Å². The molecule has 1 amide bonds. The lowest BCUT2D eigenvalue weighted by Crippen LogP contribution is -2.39. The SMILES string of the molecule is CCC1CCCCN1c1ccc(C(=O)Nc2cc(C)on2)nc1. The van der Waals surface area contributed by atoms with Crippen LogP contribution in [0.1, 0.15) is 48.9 Å². The topological polar surface area (TPSA) is 71.3 Å². The van der Waals surface area contributed by atoms with E-state index in [1.54, 1.807) is 25.3 Å². The Morgan fingerprint density at radius 3 is 2.96 bits per heavy atom. The molecule has 23 heavy (non-hydrogen) atoms. The minimum atomic E-state index is -0.282. The molecule has 6 nitrogen and oxygen atoms in total. The van der Waals surface area contributed by atoms with Gasteiger partial charge in [-0.2, -0.15) is 0 Å². The third kappa shape index (κ3) is 3.52. The van der Waals surface area contributed by atoms with Crippen molar-refractivity contribution < 1.29 is 9.32 Å². The third-order valence-electron chi connectivity index (χ3n) is 4.28. The standard InChI is InChI=1S/C17H22N4O2/c1-3-13-6-4-5-9-21(13)14-7-8-15(18-11-14)17(22)19-16-10-12(2)23-20-16/h7-8,10-11,13H,3-6,9H2,1-2H3,(H,19,20,22). The molecule has 1 fully saturated rings. The number of aromatic nitrogens is 2. The summed E-state index contributed by atoms with van der Waals surface area (Å²) in [7, 11) is 0. The van der Waals surface area contributed by atoms with Crippen LogP contribution < -0.4 is 10.2 Å². The van der Waals surface area contributed by atoms with Gasteiger partial charge in [0.1, 0.15) is 11.5 Å². The molecule has 3 heterocycles. The second kappa shape index (κ2) is 6.81. The molecule has 1 atom stereocenters. The summed E-state index contributed by atoms with van der Waals surface area (Å²) in [5.41, 5.74) is 1.46. The Balaban J connectivity index is 1.69. The van der Waals surface area contributed by atoms with Crippen molar-refractivity contribution in [3.05, 3.63) is 35.9 Å². The Labute approximate surface area is 135 Å². The van der Waals surface area contributed by atoms with E-state index in [2.05, 4.69) is 27.3 Å². The summed E-state index contributed by atoms with van der Waals surface area (Å²) < 4.78 is 4.93. The van der Waals surface area contributed by atoms with Crippen LogP contribution in [0.5, 0.6) is 0 Å². The van der Waals surface area contributed by atoms with Crippen molar-refractivity contribution in [3.8, 4) is 0 Å². The Morgan fingerprint density at radius 2 is 2.30 bits per heavy atom. The normalized spacial score (nSPS) is 18.0. The molecule has 3 rings (SSSR count). The summed E-state index contributed by atoms with van der Waals surface area (Å²) in [5.74, 6) is 0.773. The average Bonchev–Trinajstić information content (AvgIpc) is 3.00. The Kier molecular flexibility index (Phi) is 4.60. The number of amides is 1. The van der Waals surface area contributed by atoms with Gasteiger partial charge in [-0.15, -0.1) is 0 Å². The highest BCUT2D eigenvalue weighted by Crippen LogP contribution is 2.26. The molecular formula is C17H22N4O2. The van der Waals surface area contributed by atoms with E-state index in [4.69, 9.17) is 4.52 Å². The number of nitrogens with zero attached hydrogens (tertiary/aromatic N) is 3. The van der Waals surface area contributed by atoms with E-state index in [0.717, 1.165) is 18.7 Å². The van der Waals surface area contributed by atoms with Crippen LogP contribution in [0.4, 0.5) is 11.5 Å². The zero-order valence-corrected chi connectivity index (χ0v) is 13.6. The number of piperidine rings is 1. The highest BCUT2D eigenvalue weighted by Gasteiger charge is 2.21. The number of pyridine rings is 1. The lowest BCUT2D eigenvalue weighted by Gasteiger charge is -2.37. The molecule has 2 aromatic heterocycles. The first kappa shape index (κ1) is 15.5. The first-order valence-electron chi connectivity index (χ1n) is 8.14. The van der Waals surface area contributed by atoms with Gasteiger partial charge in [0, 0.05) is 18.7 Å². The van der Waals surface area contributed by atoms with Crippen molar-refractivity contribution in [2.45, 2.75) is 45.6 Å². The first-order valence-corrected chi connectivity index (χ1v) is 8.14. The molecule has 2 aromatic rings. The minimum Gasteiger partial charge on any atom is -0.367 e. The number of anilines is 2. The van der Waals surface area contributed by atoms with Crippen molar-refractivity contribution in [3.63, 3.8) is 0 Å². The van der Waals surface area contributed by atoms with Gasteiger partial charge >= 0.3 is 0 Å². The molecule has 1 saturated heterocycles. The molecule has 0 spiro atoms. The Hall–Kier alpha value is -2.37. The van der Waals surface area contributed by atoms with Gasteiger partial charge in [-0.05, 0) is 44.7 Å². The molecule has 1 N–H and O–H groups in total. The van der Waals surface area contributed by atoms with E-state index in [9.17, 15) is 4.79 Å². The number of rotatable bonds is 4. The number of aryl methyl sites for hydroxylation is 1. The van der Waals surface area contributed by atoms with Crippen molar-refractivity contribution >= 4 is 17.4 Å². The molecule has 6 heteroatoms. The maximum absolute atomic E-state index is 12.2. The van der Waals surface area contributed by atoms with Crippen molar-refractivity contribution in [1.29, 1.82) is 0 Å². The van der Waals surface area contributed by atoms with E-state index in [1.165, 1.54) is 19.3 Å². The van der Waals surface area contributed by atoms with Crippen LogP contribution in [0.3, 0.4) is 0 Å². The van der Waals surface area contributed by atoms with Crippen molar-refractivity contribution in [2.75, 3.05) is 16.8 Å². The summed E-state index contributed by atoms with van der Waals surface area (Å²) >= 11 is 0. The quantitative estimate of drug-likeness (QED) is 0.936. The van der Waals surface area contributed by atoms with Crippen molar-refractivity contribution in [1.82, 2.24) is 10.1 Å². The maximum Gasteiger partial charge on any atom is 0.275 e. The van der Waals surface area contributed by atoms with E-state index in [1.807, 2.05) is 6.07 Å². The predicted molar refractivity (Wildman–Crippen MR) is 88.7 cm³/mol. The molecule has 0 saturated carbocycles. The van der Waals surface area contributed by atoms with Gasteiger partial charge in [0.25, 0.3) is 5.91 Å². The van der Waals surface area contributed by atoms with Gasteiger partial charge < -0.3 is 14.7 Å². The zero-order chi connectivity index (χ0) is 16.2. The van der Waals surface area contributed by atoms with Crippen LogP contribution >= 0.6 is 0 Å². The van der Waals surface area contributed by atoms with E-state index < -0.39 is 0 Å². The predicted octanol–water partition coefficient (Wildman–Crippen LogP) is 3.40. The molecule has 0 radical (unpaired) electrons. The fourth-order valence-electron chi connectivity index (χ4n) is 3.06. The van der Waals surface area contributed by atoms with Gasteiger partial charge in [0.2, 0.25) is 0 Å². The summed E-state index contributed by atoms with van der Waals surface area (Å²) in [6.07, 6.45) is 6.65. The van der Waals surface area contributed by atoms with Gasteiger partial charge in [0.15, 0.2) is 5.82 Å². The fourth-order valence-corrected chi connectivity index (χ4v) is 3.06. The van der Waals surface area contributed by atoms with Gasteiger partial charge in [-0.1, -0.05) is 12.1 Å². The van der Waals surface area contributed by atoms with E-state index >= 15 is 0 Å². The molecule has 122 valence electrons. The fraction of sp³-hybridized carbons (Fsp3) is 0.471. The average molecular weight is 314 g/mol. The molecule has 1 aliphatic heterocycles. The first-order chi connectivity index (χ1) is 11.2. The van der Waals surface area contributed by atoms with Crippen LogP contribution in [0.15, 0.2) is 28.9 Å². The largest absolute Gasteiger partial charge is 0.367 e. The second-order valence-electron chi connectivity index (χ2n) is 5.93. The summed E-state index contributed by atoms with van der Waals surface area (Å²) in [6.45, 7) is 5.06. The molecule has 0 bridgehead atoms. The molecule has 0 aliphatic carbocycles. The molecule has 1 aliphatic rings. The highest BCUT2D eigenvalue weighted by molar-refractivity contribution is 6.02. The Morgan fingerprint density at radius 1 is 1.43 bits per heavy atom. The van der Waals surface area contributed by atoms with Crippen LogP contribution in [0.25, 0.3) is 0 Å². The van der Waals surface area contributed by atoms with Gasteiger partial charge in [-0.25, -0.2) is 4.98 Å². The monoisotopic (exact) mass is 314 g/mol. The zero-order valence-electron chi connectivity index (χ0n) is 13.6. The van der Waals surface area contributed by atoms with E-state index in [0.29, 0.717) is 23.3 Å². The highest BCUT2D eigenvalue weighted by atomic mass is 16.5. The number of hydrogen-bond acceptors (Lipinski definition) is 5. The van der Waals surface area contributed by atoms with Crippen LogP contribution in [0, 0.1) is 6.92 Å². The lowest BCUT2D eigenvalue weighted by atomic mass is 9.99. The molecular weight excluding hydrogens is 292 g/mol. The summed E-state index contributed by atoms with van der Waals surface area (Å²) in [6, 6.07) is 5.98. The van der Waals surface area contributed by atoms with Crippen LogP contribution in [0.2, 0.25) is 0 Å². The van der Waals surface area contributed by atoms with Gasteiger partial charge in [0.05, 0.1) is 11.9 Å². The number of nitrogens with one attached hydrogen (secondary N) is 1. The van der Waals surface area contributed by atoms with Crippen LogP contribution in [-0.2, 0) is 0 Å². The molecule has 0 aromatic carbocycles. The summed E-state index contributed by atoms with van der Waals surface area (Å²) in [4.78, 5) is 18.9. The third-order valence-corrected chi connectivity index (χ3v) is 4.28. The minimum absolute atomic E-state index is 0.282.